The number of carbonyl (C=O) groups is 9. The topological polar surface area (TPSA) is 237 Å². The summed E-state index contributed by atoms with van der Waals surface area (Å²) in [4.78, 5) is 102. The van der Waals surface area contributed by atoms with Crippen LogP contribution in [0.2, 0.25) is 0 Å². The second-order valence-electron chi connectivity index (χ2n) is 15.2. The molecule has 3 heterocycles. The second kappa shape index (κ2) is 20.2. The molecule has 3 aliphatic heterocycles. The summed E-state index contributed by atoms with van der Waals surface area (Å²) >= 11 is 0. The Morgan fingerprint density at radius 3 is 1.26 bits per heavy atom. The molecule has 0 spiro atoms. The van der Waals surface area contributed by atoms with Gasteiger partial charge in [-0.1, -0.05) is 26.7 Å². The Hall–Kier alpha value is -5.55. The number of ether oxygens (including phenoxy) is 9. The van der Waals surface area contributed by atoms with E-state index in [0.717, 1.165) is 0 Å². The first-order chi connectivity index (χ1) is 27.3. The van der Waals surface area contributed by atoms with Crippen molar-refractivity contribution in [3.8, 4) is 0 Å². The zero-order chi connectivity index (χ0) is 42.8. The van der Waals surface area contributed by atoms with Crippen molar-refractivity contribution in [2.45, 2.75) is 116 Å². The van der Waals surface area contributed by atoms with Gasteiger partial charge in [0, 0.05) is 36.0 Å². The first-order valence-corrected chi connectivity index (χ1v) is 19.0. The average molecular weight is 819 g/mol. The Bertz CT molecular complexity index is 1610. The minimum atomic E-state index is -0.641. The summed E-state index contributed by atoms with van der Waals surface area (Å²) < 4.78 is 45.2. The highest BCUT2D eigenvalue weighted by atomic mass is 16.6. The van der Waals surface area contributed by atoms with Gasteiger partial charge in [0.2, 0.25) is 0 Å². The summed E-state index contributed by atoms with van der Waals surface area (Å²) in [5.41, 5.74) is 0.660. The largest absolute Gasteiger partial charge is 0.458 e. The molecule has 18 nitrogen and oxygen atoms in total. The molecule has 18 heteroatoms. The molecule has 0 amide bonds. The van der Waals surface area contributed by atoms with E-state index in [-0.39, 0.29) is 76.6 Å². The Kier molecular flexibility index (Phi) is 15.8. The molecule has 3 saturated carbocycles. The predicted octanol–water partition coefficient (Wildman–Crippen LogP) is 2.48. The molecule has 0 aromatic heterocycles. The molecule has 0 radical (unpaired) electrons. The first kappa shape index (κ1) is 45.2. The SMILES string of the molecule is C=C(C)C(=O)OCC(=O)OC1C(C)CC2CC1OC2=O.C=C(C)C(=O)OCC(=O)OC1CCC2CC1OC2=O.C=C(C)C(=O)OCC(=O)OC1CCC2CC1OC2=O. The van der Waals surface area contributed by atoms with Crippen LogP contribution in [0.5, 0.6) is 0 Å². The zero-order valence-electron chi connectivity index (χ0n) is 33.0. The third-order valence-corrected chi connectivity index (χ3v) is 10.2. The van der Waals surface area contributed by atoms with Crippen molar-refractivity contribution < 1.29 is 85.8 Å². The monoisotopic (exact) mass is 818 g/mol. The van der Waals surface area contributed by atoms with Crippen LogP contribution in [-0.2, 0) is 85.8 Å². The molecule has 6 fully saturated rings. The number of hydrogen-bond acceptors (Lipinski definition) is 18. The van der Waals surface area contributed by atoms with Gasteiger partial charge >= 0.3 is 53.7 Å². The predicted molar refractivity (Wildman–Crippen MR) is 193 cm³/mol. The lowest BCUT2D eigenvalue weighted by molar-refractivity contribution is -0.170. The molecule has 6 rings (SSSR count). The van der Waals surface area contributed by atoms with Gasteiger partial charge < -0.3 is 42.6 Å². The van der Waals surface area contributed by atoms with Crippen LogP contribution in [0.15, 0.2) is 36.5 Å². The molecule has 10 unspecified atom stereocenters. The van der Waals surface area contributed by atoms with E-state index in [1.165, 1.54) is 20.8 Å². The van der Waals surface area contributed by atoms with Crippen molar-refractivity contribution in [3.05, 3.63) is 36.5 Å². The van der Waals surface area contributed by atoms with Crippen molar-refractivity contribution in [2.75, 3.05) is 19.8 Å². The van der Waals surface area contributed by atoms with E-state index >= 15 is 0 Å². The summed E-state index contributed by atoms with van der Waals surface area (Å²) in [5.74, 6) is -4.59. The minimum Gasteiger partial charge on any atom is -0.458 e. The number of hydrogen-bond donors (Lipinski definition) is 0. The van der Waals surface area contributed by atoms with E-state index in [1.807, 2.05) is 6.92 Å². The summed E-state index contributed by atoms with van der Waals surface area (Å²) in [6.07, 6.45) is 2.55. The summed E-state index contributed by atoms with van der Waals surface area (Å²) in [6.45, 7) is 15.3. The van der Waals surface area contributed by atoms with E-state index in [2.05, 4.69) is 29.2 Å². The zero-order valence-corrected chi connectivity index (χ0v) is 33.0. The Morgan fingerprint density at radius 2 is 0.862 bits per heavy atom. The molecule has 0 aromatic carbocycles. The standard InChI is InChI=1S/C14H18O6.2C13H16O6/c1-7(2)13(16)18-6-11(15)20-12-8(3)4-9-5-10(12)19-14(9)17;2*1-7(2)12(15)17-6-11(14)18-9-4-3-8-5-10(9)19-13(8)16/h8-10,12H,1,4-6H2,2-3H3;2*8-10H,1,3-6H2,2H3. The molecule has 10 atom stereocenters. The van der Waals surface area contributed by atoms with Gasteiger partial charge in [-0.25, -0.2) is 28.8 Å². The van der Waals surface area contributed by atoms with Gasteiger partial charge in [-0.05, 0) is 58.8 Å². The maximum atomic E-state index is 11.7. The fourth-order valence-corrected chi connectivity index (χ4v) is 7.18. The number of carbonyl (C=O) groups excluding carboxylic acids is 9. The van der Waals surface area contributed by atoms with E-state index in [4.69, 9.17) is 33.2 Å². The number of fused-ring (bicyclic) bond motifs is 6. The lowest BCUT2D eigenvalue weighted by Crippen LogP contribution is -2.40. The van der Waals surface area contributed by atoms with Crippen molar-refractivity contribution in [1.29, 1.82) is 0 Å². The van der Waals surface area contributed by atoms with Crippen LogP contribution in [0, 0.1) is 23.7 Å². The van der Waals surface area contributed by atoms with Gasteiger partial charge in [0.05, 0.1) is 17.8 Å². The van der Waals surface area contributed by atoms with Crippen molar-refractivity contribution in [2.24, 2.45) is 23.7 Å². The van der Waals surface area contributed by atoms with Crippen LogP contribution in [0.3, 0.4) is 0 Å². The van der Waals surface area contributed by atoms with Crippen LogP contribution >= 0.6 is 0 Å². The highest BCUT2D eigenvalue weighted by Gasteiger charge is 2.49. The fraction of sp³-hybridized carbons (Fsp3) is 0.625. The van der Waals surface area contributed by atoms with Crippen molar-refractivity contribution in [3.63, 3.8) is 0 Å². The average Bonchev–Trinajstić information content (AvgIpc) is 3.77. The molecule has 0 N–H and O–H groups in total. The minimum absolute atomic E-state index is 0.0472. The molecular weight excluding hydrogens is 768 g/mol. The molecule has 318 valence electrons. The van der Waals surface area contributed by atoms with Gasteiger partial charge in [0.25, 0.3) is 0 Å². The van der Waals surface area contributed by atoms with Crippen LogP contribution < -0.4 is 0 Å². The molecule has 3 saturated heterocycles. The van der Waals surface area contributed by atoms with Crippen LogP contribution in [0.1, 0.15) is 79.1 Å². The van der Waals surface area contributed by atoms with E-state index in [9.17, 15) is 43.2 Å². The molecular formula is C40H50O18. The van der Waals surface area contributed by atoms with Crippen molar-refractivity contribution >= 4 is 53.7 Å². The smallest absolute Gasteiger partial charge is 0.344 e. The van der Waals surface area contributed by atoms with E-state index in [1.54, 1.807) is 0 Å². The maximum Gasteiger partial charge on any atom is 0.344 e. The summed E-state index contributed by atoms with van der Waals surface area (Å²) in [5, 5.41) is 0. The third-order valence-electron chi connectivity index (χ3n) is 10.2. The lowest BCUT2D eigenvalue weighted by Gasteiger charge is -2.31. The Morgan fingerprint density at radius 1 is 0.517 bits per heavy atom. The van der Waals surface area contributed by atoms with Crippen LogP contribution in [-0.4, -0.2) is 110 Å². The molecule has 3 aliphatic carbocycles. The van der Waals surface area contributed by atoms with E-state index in [0.29, 0.717) is 51.4 Å². The Balaban J connectivity index is 0.000000193. The normalized spacial score (nSPS) is 29.5. The highest BCUT2D eigenvalue weighted by Crippen LogP contribution is 2.40. The highest BCUT2D eigenvalue weighted by molar-refractivity contribution is 5.89. The van der Waals surface area contributed by atoms with Crippen LogP contribution in [0.25, 0.3) is 0 Å². The van der Waals surface area contributed by atoms with E-state index < -0.39 is 73.9 Å². The van der Waals surface area contributed by atoms with Gasteiger partial charge in [-0.3, -0.25) is 14.4 Å². The van der Waals surface area contributed by atoms with Gasteiger partial charge in [-0.2, -0.15) is 0 Å². The number of rotatable bonds is 12. The quantitative estimate of drug-likeness (QED) is 0.156. The fourth-order valence-electron chi connectivity index (χ4n) is 7.18. The second-order valence-corrected chi connectivity index (χ2v) is 15.2. The maximum absolute atomic E-state index is 11.7. The Labute approximate surface area is 334 Å². The van der Waals surface area contributed by atoms with Gasteiger partial charge in [0.15, 0.2) is 19.8 Å². The molecule has 0 aromatic rings. The lowest BCUT2D eigenvalue weighted by atomic mass is 9.81. The molecule has 58 heavy (non-hydrogen) atoms. The van der Waals surface area contributed by atoms with Gasteiger partial charge in [-0.15, -0.1) is 0 Å². The number of esters is 9. The van der Waals surface area contributed by atoms with Gasteiger partial charge in [0.1, 0.15) is 36.6 Å². The van der Waals surface area contributed by atoms with Crippen molar-refractivity contribution in [1.82, 2.24) is 0 Å². The van der Waals surface area contributed by atoms with Crippen LogP contribution in [0.4, 0.5) is 0 Å². The molecule has 6 bridgehead atoms. The summed E-state index contributed by atoms with van der Waals surface area (Å²) in [7, 11) is 0. The summed E-state index contributed by atoms with van der Waals surface area (Å²) in [6, 6.07) is 0. The third kappa shape index (κ3) is 12.5. The first-order valence-electron chi connectivity index (χ1n) is 19.0. The molecule has 6 aliphatic rings.